The molecule has 8 nitrogen and oxygen atoms in total. The van der Waals surface area contributed by atoms with Crippen LogP contribution in [0.4, 0.5) is 0 Å². The number of amides is 1. The number of rotatable bonds is 7. The van der Waals surface area contributed by atoms with E-state index in [1.807, 2.05) is 50.4 Å². The van der Waals surface area contributed by atoms with Gasteiger partial charge in [-0.15, -0.1) is 5.10 Å². The van der Waals surface area contributed by atoms with Gasteiger partial charge in [0.25, 0.3) is 11.7 Å². The Morgan fingerprint density at radius 3 is 2.62 bits per heavy atom. The molecule has 1 aromatic carbocycles. The van der Waals surface area contributed by atoms with Crippen LogP contribution >= 0.6 is 11.8 Å². The fraction of sp³-hybridized carbons (Fsp3) is 0.350. The minimum absolute atomic E-state index is 0.00533. The fourth-order valence-electron chi connectivity index (χ4n) is 2.90. The molecule has 29 heavy (non-hydrogen) atoms. The number of hydrogen-bond donors (Lipinski definition) is 1. The molecular weight excluding hydrogens is 390 g/mol. The minimum Gasteiger partial charge on any atom is -0.452 e. The molecule has 9 heteroatoms. The van der Waals surface area contributed by atoms with Crippen molar-refractivity contribution in [3.05, 3.63) is 52.8 Å². The lowest BCUT2D eigenvalue weighted by Gasteiger charge is -2.15. The van der Waals surface area contributed by atoms with Crippen molar-refractivity contribution < 1.29 is 14.3 Å². The molecule has 1 N–H and O–H groups in total. The largest absolute Gasteiger partial charge is 0.452 e. The van der Waals surface area contributed by atoms with Crippen LogP contribution in [0.2, 0.25) is 0 Å². The van der Waals surface area contributed by atoms with Crippen molar-refractivity contribution in [3.8, 4) is 0 Å². The normalized spacial score (nSPS) is 12.0. The van der Waals surface area contributed by atoms with Gasteiger partial charge in [-0.25, -0.2) is 9.50 Å². The Balaban J connectivity index is 1.63. The lowest BCUT2D eigenvalue weighted by Crippen LogP contribution is -2.35. The molecule has 2 aromatic heterocycles. The Morgan fingerprint density at radius 1 is 1.21 bits per heavy atom. The summed E-state index contributed by atoms with van der Waals surface area (Å²) in [7, 11) is 0. The Kier molecular flexibility index (Phi) is 6.48. The van der Waals surface area contributed by atoms with Crippen LogP contribution in [0.15, 0.2) is 35.5 Å². The van der Waals surface area contributed by atoms with E-state index in [0.29, 0.717) is 23.2 Å². The van der Waals surface area contributed by atoms with Crippen LogP contribution in [0.25, 0.3) is 5.78 Å². The average Bonchev–Trinajstić information content (AvgIpc) is 3.13. The maximum absolute atomic E-state index is 12.4. The zero-order chi connectivity index (χ0) is 21.0. The third-order valence-electron chi connectivity index (χ3n) is 4.52. The number of esters is 1. The quantitative estimate of drug-likeness (QED) is 0.468. The van der Waals surface area contributed by atoms with E-state index in [4.69, 9.17) is 4.74 Å². The first kappa shape index (κ1) is 20.8. The number of thioether (sulfide) groups is 1. The highest BCUT2D eigenvalue weighted by molar-refractivity contribution is 7.98. The van der Waals surface area contributed by atoms with Crippen LogP contribution < -0.4 is 5.32 Å². The summed E-state index contributed by atoms with van der Waals surface area (Å²) < 4.78 is 6.95. The first-order valence-corrected chi connectivity index (χ1v) is 10.4. The van der Waals surface area contributed by atoms with Gasteiger partial charge in [-0.1, -0.05) is 42.1 Å². The Labute approximate surface area is 173 Å². The predicted octanol–water partition coefficient (Wildman–Crippen LogP) is 2.25. The highest BCUT2D eigenvalue weighted by atomic mass is 32.2. The number of ether oxygens (including phenoxy) is 1. The van der Waals surface area contributed by atoms with Gasteiger partial charge in [0.1, 0.15) is 0 Å². The third-order valence-corrected chi connectivity index (χ3v) is 5.06. The lowest BCUT2D eigenvalue weighted by atomic mass is 10.1. The number of nitrogens with one attached hydrogen (secondary N) is 1. The molecule has 0 fully saturated rings. The standard InChI is InChI=1S/C20H23N5O3S/c1-12-16(13(2)25-19(22-12)23-20(24-25)29-4)10-17(26)28-14(3)18(27)21-11-15-8-6-5-7-9-15/h5-9,14H,10-11H2,1-4H3,(H,21,27)/t14-/m0/s1. The van der Waals surface area contributed by atoms with Crippen molar-refractivity contribution >= 4 is 29.4 Å². The smallest absolute Gasteiger partial charge is 0.311 e. The van der Waals surface area contributed by atoms with Gasteiger partial charge < -0.3 is 10.1 Å². The first-order valence-electron chi connectivity index (χ1n) is 9.17. The van der Waals surface area contributed by atoms with Gasteiger partial charge >= 0.3 is 5.97 Å². The highest BCUT2D eigenvalue weighted by Gasteiger charge is 2.21. The summed E-state index contributed by atoms with van der Waals surface area (Å²) in [5.41, 5.74) is 3.16. The van der Waals surface area contributed by atoms with Crippen molar-refractivity contribution in [1.82, 2.24) is 24.9 Å². The molecule has 0 saturated carbocycles. The number of carbonyl (C=O) groups is 2. The van der Waals surface area contributed by atoms with Crippen molar-refractivity contribution in [3.63, 3.8) is 0 Å². The van der Waals surface area contributed by atoms with E-state index in [0.717, 1.165) is 16.8 Å². The second-order valence-electron chi connectivity index (χ2n) is 6.58. The average molecular weight is 414 g/mol. The fourth-order valence-corrected chi connectivity index (χ4v) is 3.23. The number of hydrogen-bond acceptors (Lipinski definition) is 7. The summed E-state index contributed by atoms with van der Waals surface area (Å²) in [4.78, 5) is 33.4. The molecule has 0 aliphatic heterocycles. The van der Waals surface area contributed by atoms with Gasteiger partial charge in [0.15, 0.2) is 6.10 Å². The van der Waals surface area contributed by atoms with E-state index in [1.54, 1.807) is 11.4 Å². The zero-order valence-electron chi connectivity index (χ0n) is 16.8. The Morgan fingerprint density at radius 2 is 1.93 bits per heavy atom. The maximum Gasteiger partial charge on any atom is 0.311 e. The second-order valence-corrected chi connectivity index (χ2v) is 7.36. The van der Waals surface area contributed by atoms with Crippen molar-refractivity contribution in [2.75, 3.05) is 6.26 Å². The number of carbonyl (C=O) groups excluding carboxylic acids is 2. The highest BCUT2D eigenvalue weighted by Crippen LogP contribution is 2.17. The Bertz CT molecular complexity index is 1040. The van der Waals surface area contributed by atoms with Crippen LogP contribution in [0.3, 0.4) is 0 Å². The van der Waals surface area contributed by atoms with E-state index in [-0.39, 0.29) is 12.3 Å². The molecule has 0 bridgehead atoms. The van der Waals surface area contributed by atoms with E-state index in [2.05, 4.69) is 20.4 Å². The monoisotopic (exact) mass is 413 g/mol. The maximum atomic E-state index is 12.4. The summed E-state index contributed by atoms with van der Waals surface area (Å²) >= 11 is 1.42. The zero-order valence-corrected chi connectivity index (χ0v) is 17.6. The van der Waals surface area contributed by atoms with Crippen LogP contribution in [0, 0.1) is 13.8 Å². The third kappa shape index (κ3) is 4.92. The topological polar surface area (TPSA) is 98.5 Å². The summed E-state index contributed by atoms with van der Waals surface area (Å²) in [5, 5.41) is 7.76. The minimum atomic E-state index is -0.891. The van der Waals surface area contributed by atoms with Gasteiger partial charge in [0.05, 0.1) is 6.42 Å². The molecule has 0 unspecified atom stereocenters. The lowest BCUT2D eigenvalue weighted by molar-refractivity contribution is -0.154. The molecular formula is C20H23N5O3S. The molecule has 152 valence electrons. The number of nitrogens with zero attached hydrogens (tertiary/aromatic N) is 4. The number of fused-ring (bicyclic) bond motifs is 1. The van der Waals surface area contributed by atoms with Crippen LogP contribution in [0.1, 0.15) is 29.4 Å². The van der Waals surface area contributed by atoms with Crippen molar-refractivity contribution in [2.45, 2.75) is 45.0 Å². The second kappa shape index (κ2) is 9.04. The van der Waals surface area contributed by atoms with Crippen molar-refractivity contribution in [2.24, 2.45) is 0 Å². The van der Waals surface area contributed by atoms with E-state index < -0.39 is 12.1 Å². The van der Waals surface area contributed by atoms with Crippen LogP contribution in [-0.4, -0.2) is 43.8 Å². The molecule has 0 aliphatic carbocycles. The Hall–Kier alpha value is -2.94. The van der Waals surface area contributed by atoms with Crippen LogP contribution in [0.5, 0.6) is 0 Å². The van der Waals surface area contributed by atoms with Crippen LogP contribution in [-0.2, 0) is 27.3 Å². The molecule has 0 saturated heterocycles. The number of aromatic nitrogens is 4. The van der Waals surface area contributed by atoms with Gasteiger partial charge in [-0.3, -0.25) is 9.59 Å². The molecule has 3 rings (SSSR count). The summed E-state index contributed by atoms with van der Waals surface area (Å²) in [6.07, 6.45) is 1.00. The first-order chi connectivity index (χ1) is 13.9. The molecule has 2 heterocycles. The molecule has 0 radical (unpaired) electrons. The van der Waals surface area contributed by atoms with E-state index in [9.17, 15) is 9.59 Å². The summed E-state index contributed by atoms with van der Waals surface area (Å²) in [6.45, 7) is 5.62. The summed E-state index contributed by atoms with van der Waals surface area (Å²) in [6, 6.07) is 9.54. The number of aryl methyl sites for hydroxylation is 2. The molecule has 3 aromatic rings. The van der Waals surface area contributed by atoms with E-state index in [1.165, 1.54) is 11.8 Å². The summed E-state index contributed by atoms with van der Waals surface area (Å²) in [5.74, 6) is -0.342. The molecule has 1 atom stereocenters. The van der Waals surface area contributed by atoms with Crippen molar-refractivity contribution in [1.29, 1.82) is 0 Å². The van der Waals surface area contributed by atoms with Gasteiger partial charge in [0, 0.05) is 23.5 Å². The van der Waals surface area contributed by atoms with Gasteiger partial charge in [0.2, 0.25) is 5.16 Å². The van der Waals surface area contributed by atoms with E-state index >= 15 is 0 Å². The van der Waals surface area contributed by atoms with Gasteiger partial charge in [-0.2, -0.15) is 4.98 Å². The molecule has 1 amide bonds. The molecule has 0 aliphatic rings. The SMILES string of the molecule is CSc1nc2nc(C)c(CC(=O)O[C@@H](C)C(=O)NCc3ccccc3)c(C)n2n1. The predicted molar refractivity (Wildman–Crippen MR) is 110 cm³/mol. The number of benzene rings is 1. The van der Waals surface area contributed by atoms with Gasteiger partial charge in [-0.05, 0) is 32.6 Å². The molecule has 0 spiro atoms.